The summed E-state index contributed by atoms with van der Waals surface area (Å²) in [6.45, 7) is 4.69. The van der Waals surface area contributed by atoms with Crippen LogP contribution in [0.15, 0.2) is 77.4 Å². The molecule has 5 nitrogen and oxygen atoms in total. The highest BCUT2D eigenvalue weighted by Crippen LogP contribution is 2.37. The molecule has 0 saturated heterocycles. The summed E-state index contributed by atoms with van der Waals surface area (Å²) in [5.41, 5.74) is 7.46. The summed E-state index contributed by atoms with van der Waals surface area (Å²) in [7, 11) is 0. The summed E-state index contributed by atoms with van der Waals surface area (Å²) in [6, 6.07) is 21.9. The summed E-state index contributed by atoms with van der Waals surface area (Å²) < 4.78 is 5.52. The number of anilines is 2. The van der Waals surface area contributed by atoms with E-state index in [9.17, 15) is 4.79 Å². The quantitative estimate of drug-likeness (QED) is 0.326. The lowest BCUT2D eigenvalue weighted by molar-refractivity contribution is 0.0987. The van der Waals surface area contributed by atoms with E-state index in [4.69, 9.17) is 16.7 Å². The Morgan fingerprint density at radius 3 is 2.71 bits per heavy atom. The lowest BCUT2D eigenvalue weighted by atomic mass is 10.0. The maximum atomic E-state index is 13.7. The number of amides is 1. The first kappa shape index (κ1) is 23.0. The zero-order valence-corrected chi connectivity index (χ0v) is 20.7. The lowest BCUT2D eigenvalue weighted by Crippen LogP contribution is -2.33. The summed E-state index contributed by atoms with van der Waals surface area (Å²) in [6.07, 6.45) is 4.47. The van der Waals surface area contributed by atoms with Gasteiger partial charge in [0.2, 0.25) is 0 Å². The first-order chi connectivity index (χ1) is 17.1. The summed E-state index contributed by atoms with van der Waals surface area (Å²) in [4.78, 5) is 16.2. The number of rotatable bonds is 5. The third-order valence-corrected chi connectivity index (χ3v) is 6.75. The van der Waals surface area contributed by atoms with Crippen molar-refractivity contribution >= 4 is 34.5 Å². The fraction of sp³-hybridized carbons (Fsp3) is 0.207. The normalized spacial score (nSPS) is 12.5. The van der Waals surface area contributed by atoms with Crippen molar-refractivity contribution in [1.29, 1.82) is 0 Å². The van der Waals surface area contributed by atoms with Gasteiger partial charge in [0.25, 0.3) is 5.91 Å². The number of nitrogens with one attached hydrogen (secondary N) is 1. The van der Waals surface area contributed by atoms with Gasteiger partial charge in [-0.25, -0.2) is 0 Å². The van der Waals surface area contributed by atoms with Crippen LogP contribution in [0.25, 0.3) is 11.3 Å². The third kappa shape index (κ3) is 4.49. The predicted molar refractivity (Wildman–Crippen MR) is 144 cm³/mol. The molecule has 1 aliphatic heterocycles. The molecular formula is C29H27N3O2S. The van der Waals surface area contributed by atoms with Crippen LogP contribution in [0.3, 0.4) is 0 Å². The molecule has 0 unspecified atom stereocenters. The van der Waals surface area contributed by atoms with Gasteiger partial charge in [-0.15, -0.1) is 0 Å². The van der Waals surface area contributed by atoms with E-state index in [1.807, 2.05) is 66.4 Å². The Labute approximate surface area is 210 Å². The molecule has 1 aromatic heterocycles. The van der Waals surface area contributed by atoms with Crippen LogP contribution in [0.2, 0.25) is 0 Å². The molecule has 6 heteroatoms. The Kier molecular flexibility index (Phi) is 6.47. The average molecular weight is 482 g/mol. The zero-order valence-electron chi connectivity index (χ0n) is 19.9. The number of hydrogen-bond acceptors (Lipinski definition) is 4. The summed E-state index contributed by atoms with van der Waals surface area (Å²) in [5, 5.41) is 7.33. The smallest absolute Gasteiger partial charge is 0.258 e. The van der Waals surface area contributed by atoms with E-state index in [0.717, 1.165) is 52.2 Å². The molecule has 5 rings (SSSR count). The van der Waals surface area contributed by atoms with Crippen LogP contribution in [0.4, 0.5) is 11.4 Å². The molecule has 0 aliphatic carbocycles. The van der Waals surface area contributed by atoms with Gasteiger partial charge in [-0.05, 0) is 61.2 Å². The van der Waals surface area contributed by atoms with Gasteiger partial charge in [0.05, 0.1) is 11.9 Å². The monoisotopic (exact) mass is 481 g/mol. The maximum absolute atomic E-state index is 13.7. The molecule has 2 heterocycles. The second-order valence-electron chi connectivity index (χ2n) is 8.80. The van der Waals surface area contributed by atoms with Crippen molar-refractivity contribution in [3.05, 3.63) is 101 Å². The van der Waals surface area contributed by atoms with Crippen molar-refractivity contribution in [2.75, 3.05) is 16.8 Å². The second kappa shape index (κ2) is 9.84. The van der Waals surface area contributed by atoms with E-state index < -0.39 is 0 Å². The Bertz CT molecular complexity index is 1410. The van der Waals surface area contributed by atoms with Crippen LogP contribution < -0.4 is 10.2 Å². The molecule has 1 aliphatic rings. The molecule has 0 saturated carbocycles. The number of carbonyl (C=O) groups excluding carboxylic acids is 1. The number of hydrogen-bond donors (Lipinski definition) is 1. The van der Waals surface area contributed by atoms with Gasteiger partial charge in [-0.1, -0.05) is 67.1 Å². The van der Waals surface area contributed by atoms with Crippen molar-refractivity contribution in [3.63, 3.8) is 0 Å². The van der Waals surface area contributed by atoms with Crippen molar-refractivity contribution < 1.29 is 9.32 Å². The molecule has 3 aromatic carbocycles. The number of aromatic nitrogens is 1. The third-order valence-electron chi connectivity index (χ3n) is 6.43. The Balaban J connectivity index is 1.40. The number of nitrogens with zero attached hydrogens (tertiary/aromatic N) is 2. The number of benzene rings is 3. The van der Waals surface area contributed by atoms with Crippen LogP contribution >= 0.6 is 12.2 Å². The second-order valence-corrected chi connectivity index (χ2v) is 9.20. The number of fused-ring (bicyclic) bond motifs is 3. The predicted octanol–water partition coefficient (Wildman–Crippen LogP) is 6.59. The van der Waals surface area contributed by atoms with E-state index in [-0.39, 0.29) is 5.91 Å². The number of carbonyl (C=O) groups is 1. The SMILES string of the molecule is CCCc1ccccc1C(=S)Nc1ccc(C(=O)N2CCc3cnoc3-c3ccccc32)c(C)c1. The first-order valence-electron chi connectivity index (χ1n) is 11.9. The molecule has 0 fully saturated rings. The molecule has 0 bridgehead atoms. The van der Waals surface area contributed by atoms with Gasteiger partial charge < -0.3 is 14.7 Å². The van der Waals surface area contributed by atoms with Gasteiger partial charge in [-0.2, -0.15) is 0 Å². The molecule has 0 spiro atoms. The molecule has 0 atom stereocenters. The minimum Gasteiger partial charge on any atom is -0.356 e. The van der Waals surface area contributed by atoms with Crippen molar-refractivity contribution in [1.82, 2.24) is 5.16 Å². The van der Waals surface area contributed by atoms with E-state index >= 15 is 0 Å². The highest BCUT2D eigenvalue weighted by Gasteiger charge is 2.28. The fourth-order valence-electron chi connectivity index (χ4n) is 4.68. The molecule has 176 valence electrons. The number of thiocarbonyl (C=S) groups is 1. The number of para-hydroxylation sites is 1. The van der Waals surface area contributed by atoms with Gasteiger partial charge in [0.1, 0.15) is 4.99 Å². The Hall–Kier alpha value is -3.77. The summed E-state index contributed by atoms with van der Waals surface area (Å²) >= 11 is 5.72. The van der Waals surface area contributed by atoms with Crippen LogP contribution in [0, 0.1) is 6.92 Å². The van der Waals surface area contributed by atoms with Gasteiger partial charge >= 0.3 is 0 Å². The largest absolute Gasteiger partial charge is 0.356 e. The first-order valence-corrected chi connectivity index (χ1v) is 12.3. The number of aryl methyl sites for hydroxylation is 2. The van der Waals surface area contributed by atoms with E-state index in [0.29, 0.717) is 23.5 Å². The van der Waals surface area contributed by atoms with Gasteiger partial charge in [0.15, 0.2) is 5.76 Å². The summed E-state index contributed by atoms with van der Waals surface area (Å²) in [5.74, 6) is 0.708. The van der Waals surface area contributed by atoms with Crippen LogP contribution in [0.1, 0.15) is 46.0 Å². The van der Waals surface area contributed by atoms with Crippen molar-refractivity contribution in [3.8, 4) is 11.3 Å². The average Bonchev–Trinajstić information content (AvgIpc) is 3.27. The van der Waals surface area contributed by atoms with Crippen molar-refractivity contribution in [2.24, 2.45) is 0 Å². The molecular weight excluding hydrogens is 454 g/mol. The minimum atomic E-state index is -0.0320. The molecule has 4 aromatic rings. The zero-order chi connectivity index (χ0) is 24.4. The maximum Gasteiger partial charge on any atom is 0.258 e. The molecule has 1 N–H and O–H groups in total. The Morgan fingerprint density at radius 2 is 1.89 bits per heavy atom. The molecule has 1 amide bonds. The van der Waals surface area contributed by atoms with Crippen molar-refractivity contribution in [2.45, 2.75) is 33.1 Å². The standard InChI is InChI=1S/C29H27N3O2S/c1-3-8-20-9-4-5-10-24(20)28(35)31-22-13-14-23(19(2)17-22)29(33)32-16-15-21-18-30-34-27(21)25-11-6-7-12-26(25)32/h4-7,9-14,17-18H,3,8,15-16H2,1-2H3,(H,31,35). The molecule has 0 radical (unpaired) electrons. The van der Waals surface area contributed by atoms with Gasteiger partial charge in [-0.3, -0.25) is 4.79 Å². The highest BCUT2D eigenvalue weighted by molar-refractivity contribution is 7.81. The Morgan fingerprint density at radius 1 is 1.09 bits per heavy atom. The van der Waals surface area contributed by atoms with Gasteiger partial charge in [0, 0.05) is 34.5 Å². The minimum absolute atomic E-state index is 0.0320. The molecule has 35 heavy (non-hydrogen) atoms. The fourth-order valence-corrected chi connectivity index (χ4v) is 5.00. The van der Waals surface area contributed by atoms with E-state index in [1.54, 1.807) is 6.20 Å². The van der Waals surface area contributed by atoms with E-state index in [2.05, 4.69) is 29.5 Å². The topological polar surface area (TPSA) is 58.4 Å². The van der Waals surface area contributed by atoms with E-state index in [1.165, 1.54) is 5.56 Å². The van der Waals surface area contributed by atoms with Crippen LogP contribution in [0.5, 0.6) is 0 Å². The van der Waals surface area contributed by atoms with Crippen LogP contribution in [-0.2, 0) is 12.8 Å². The lowest BCUT2D eigenvalue weighted by Gasteiger charge is -2.24. The highest BCUT2D eigenvalue weighted by atomic mass is 32.1. The van der Waals surface area contributed by atoms with Crippen LogP contribution in [-0.4, -0.2) is 22.6 Å².